The standard InChI is InChI=1S/C20H25N3O3S/c1-14-4-7-18(12-15(14)2)22-27(25,26)19-8-5-17(6-9-19)20(24)23-11-10-21-13-16(23)3/h4-9,12,16,21-22H,10-11,13H2,1-3H3/t16-/m0/s1. The first-order valence-corrected chi connectivity index (χ1v) is 10.5. The Bertz CT molecular complexity index is 939. The quantitative estimate of drug-likeness (QED) is 0.845. The van der Waals surface area contributed by atoms with E-state index in [1.807, 2.05) is 31.7 Å². The van der Waals surface area contributed by atoms with Gasteiger partial charge in [-0.05, 0) is 68.3 Å². The van der Waals surface area contributed by atoms with Crippen molar-refractivity contribution in [3.8, 4) is 0 Å². The fourth-order valence-electron chi connectivity index (χ4n) is 3.10. The Morgan fingerprint density at radius 3 is 2.44 bits per heavy atom. The number of piperazine rings is 1. The van der Waals surface area contributed by atoms with Gasteiger partial charge < -0.3 is 10.2 Å². The van der Waals surface area contributed by atoms with E-state index in [2.05, 4.69) is 10.0 Å². The minimum atomic E-state index is -3.71. The summed E-state index contributed by atoms with van der Waals surface area (Å²) in [6, 6.07) is 11.6. The van der Waals surface area contributed by atoms with E-state index in [0.717, 1.165) is 24.2 Å². The molecule has 1 amide bonds. The minimum Gasteiger partial charge on any atom is -0.333 e. The Labute approximate surface area is 160 Å². The monoisotopic (exact) mass is 387 g/mol. The maximum Gasteiger partial charge on any atom is 0.261 e. The number of hydrogen-bond donors (Lipinski definition) is 2. The highest BCUT2D eigenvalue weighted by Crippen LogP contribution is 2.20. The van der Waals surface area contributed by atoms with Gasteiger partial charge in [0.05, 0.1) is 4.90 Å². The number of amides is 1. The second-order valence-corrected chi connectivity index (χ2v) is 8.66. The van der Waals surface area contributed by atoms with Gasteiger partial charge in [0.1, 0.15) is 0 Å². The van der Waals surface area contributed by atoms with Gasteiger partial charge in [-0.3, -0.25) is 9.52 Å². The SMILES string of the molecule is Cc1ccc(NS(=O)(=O)c2ccc(C(=O)N3CCNC[C@@H]3C)cc2)cc1C. The van der Waals surface area contributed by atoms with E-state index in [4.69, 9.17) is 0 Å². The summed E-state index contributed by atoms with van der Waals surface area (Å²) in [6.07, 6.45) is 0. The molecule has 0 spiro atoms. The summed E-state index contributed by atoms with van der Waals surface area (Å²) in [5.74, 6) is -0.0740. The predicted octanol–water partition coefficient (Wildman–Crippen LogP) is 2.54. The van der Waals surface area contributed by atoms with Crippen LogP contribution in [-0.2, 0) is 10.0 Å². The van der Waals surface area contributed by atoms with E-state index in [9.17, 15) is 13.2 Å². The molecule has 2 aromatic carbocycles. The molecule has 144 valence electrons. The number of rotatable bonds is 4. The summed E-state index contributed by atoms with van der Waals surface area (Å²) < 4.78 is 27.8. The number of carbonyl (C=O) groups is 1. The van der Waals surface area contributed by atoms with Gasteiger partial charge in [-0.25, -0.2) is 8.42 Å². The summed E-state index contributed by atoms with van der Waals surface area (Å²) in [5.41, 5.74) is 3.13. The first-order valence-electron chi connectivity index (χ1n) is 9.00. The maximum absolute atomic E-state index is 12.7. The van der Waals surface area contributed by atoms with E-state index in [1.54, 1.807) is 24.3 Å². The molecular formula is C20H25N3O3S. The Morgan fingerprint density at radius 2 is 1.81 bits per heavy atom. The van der Waals surface area contributed by atoms with Crippen LogP contribution in [0.4, 0.5) is 5.69 Å². The van der Waals surface area contributed by atoms with E-state index in [1.165, 1.54) is 12.1 Å². The van der Waals surface area contributed by atoms with Crippen LogP contribution in [0.1, 0.15) is 28.4 Å². The number of anilines is 1. The van der Waals surface area contributed by atoms with Crippen molar-refractivity contribution < 1.29 is 13.2 Å². The normalized spacial score (nSPS) is 17.6. The van der Waals surface area contributed by atoms with Crippen molar-refractivity contribution in [1.82, 2.24) is 10.2 Å². The van der Waals surface area contributed by atoms with Crippen molar-refractivity contribution in [3.63, 3.8) is 0 Å². The van der Waals surface area contributed by atoms with Crippen LogP contribution in [0.5, 0.6) is 0 Å². The highest BCUT2D eigenvalue weighted by molar-refractivity contribution is 7.92. The number of sulfonamides is 1. The Kier molecular flexibility index (Phi) is 5.53. The molecule has 6 nitrogen and oxygen atoms in total. The van der Waals surface area contributed by atoms with Crippen LogP contribution in [0.3, 0.4) is 0 Å². The van der Waals surface area contributed by atoms with E-state index in [0.29, 0.717) is 17.8 Å². The maximum atomic E-state index is 12.7. The zero-order chi connectivity index (χ0) is 19.6. The second-order valence-electron chi connectivity index (χ2n) is 6.98. The molecule has 1 aliphatic rings. The molecule has 2 aromatic rings. The van der Waals surface area contributed by atoms with Crippen LogP contribution in [0.15, 0.2) is 47.4 Å². The lowest BCUT2D eigenvalue weighted by Gasteiger charge is -2.34. The number of nitrogens with one attached hydrogen (secondary N) is 2. The molecule has 0 unspecified atom stereocenters. The largest absolute Gasteiger partial charge is 0.333 e. The average Bonchev–Trinajstić information content (AvgIpc) is 2.64. The van der Waals surface area contributed by atoms with Crippen molar-refractivity contribution in [3.05, 3.63) is 59.2 Å². The number of hydrogen-bond acceptors (Lipinski definition) is 4. The van der Waals surface area contributed by atoms with Crippen molar-refractivity contribution in [2.24, 2.45) is 0 Å². The Morgan fingerprint density at radius 1 is 1.11 bits per heavy atom. The zero-order valence-electron chi connectivity index (χ0n) is 15.8. The highest BCUT2D eigenvalue weighted by Gasteiger charge is 2.24. The van der Waals surface area contributed by atoms with Gasteiger partial charge in [-0.2, -0.15) is 0 Å². The van der Waals surface area contributed by atoms with Gasteiger partial charge >= 0.3 is 0 Å². The van der Waals surface area contributed by atoms with Gasteiger partial charge in [-0.1, -0.05) is 6.07 Å². The van der Waals surface area contributed by atoms with E-state index < -0.39 is 10.0 Å². The fraction of sp³-hybridized carbons (Fsp3) is 0.350. The molecule has 7 heteroatoms. The van der Waals surface area contributed by atoms with Crippen molar-refractivity contribution >= 4 is 21.6 Å². The second kappa shape index (κ2) is 7.70. The third-order valence-electron chi connectivity index (χ3n) is 4.93. The molecule has 0 aliphatic carbocycles. The average molecular weight is 388 g/mol. The molecule has 1 heterocycles. The third-order valence-corrected chi connectivity index (χ3v) is 6.33. The first kappa shape index (κ1) is 19.4. The Hall–Kier alpha value is -2.38. The van der Waals surface area contributed by atoms with Gasteiger partial charge in [0.15, 0.2) is 0 Å². The van der Waals surface area contributed by atoms with E-state index in [-0.39, 0.29) is 16.8 Å². The molecule has 3 rings (SSSR count). The number of carbonyl (C=O) groups excluding carboxylic acids is 1. The summed E-state index contributed by atoms with van der Waals surface area (Å²) in [4.78, 5) is 14.6. The lowest BCUT2D eigenvalue weighted by molar-refractivity contribution is 0.0655. The molecular weight excluding hydrogens is 362 g/mol. The summed E-state index contributed by atoms with van der Waals surface area (Å²) >= 11 is 0. The van der Waals surface area contributed by atoms with E-state index >= 15 is 0 Å². The van der Waals surface area contributed by atoms with Crippen LogP contribution >= 0.6 is 0 Å². The zero-order valence-corrected chi connectivity index (χ0v) is 16.6. The molecule has 1 fully saturated rings. The fourth-order valence-corrected chi connectivity index (χ4v) is 4.15. The number of nitrogens with zero attached hydrogens (tertiary/aromatic N) is 1. The van der Waals surface area contributed by atoms with Crippen LogP contribution in [0.2, 0.25) is 0 Å². The smallest absolute Gasteiger partial charge is 0.261 e. The molecule has 0 aromatic heterocycles. The number of benzene rings is 2. The van der Waals surface area contributed by atoms with Gasteiger partial charge in [0.25, 0.3) is 15.9 Å². The molecule has 0 bridgehead atoms. The molecule has 2 N–H and O–H groups in total. The third kappa shape index (κ3) is 4.31. The Balaban J connectivity index is 1.77. The topological polar surface area (TPSA) is 78.5 Å². The molecule has 0 radical (unpaired) electrons. The lowest BCUT2D eigenvalue weighted by Crippen LogP contribution is -2.52. The first-order chi connectivity index (χ1) is 12.8. The van der Waals surface area contributed by atoms with Gasteiger partial charge in [0, 0.05) is 36.9 Å². The van der Waals surface area contributed by atoms with Crippen molar-refractivity contribution in [2.45, 2.75) is 31.7 Å². The van der Waals surface area contributed by atoms with Crippen LogP contribution in [0, 0.1) is 13.8 Å². The molecule has 1 saturated heterocycles. The van der Waals surface area contributed by atoms with Crippen LogP contribution in [0.25, 0.3) is 0 Å². The summed E-state index contributed by atoms with van der Waals surface area (Å²) in [6.45, 7) is 8.08. The predicted molar refractivity (Wildman–Crippen MR) is 107 cm³/mol. The van der Waals surface area contributed by atoms with Crippen LogP contribution < -0.4 is 10.0 Å². The van der Waals surface area contributed by atoms with Crippen LogP contribution in [-0.4, -0.2) is 44.9 Å². The number of aryl methyl sites for hydroxylation is 2. The molecule has 0 saturated carbocycles. The lowest BCUT2D eigenvalue weighted by atomic mass is 10.1. The molecule has 1 atom stereocenters. The summed E-state index contributed by atoms with van der Waals surface area (Å²) in [5, 5.41) is 3.25. The van der Waals surface area contributed by atoms with Crippen molar-refractivity contribution in [2.75, 3.05) is 24.4 Å². The molecule has 1 aliphatic heterocycles. The summed E-state index contributed by atoms with van der Waals surface area (Å²) in [7, 11) is -3.71. The van der Waals surface area contributed by atoms with Gasteiger partial charge in [0.2, 0.25) is 0 Å². The van der Waals surface area contributed by atoms with Gasteiger partial charge in [-0.15, -0.1) is 0 Å². The molecule has 27 heavy (non-hydrogen) atoms. The highest BCUT2D eigenvalue weighted by atomic mass is 32.2. The van der Waals surface area contributed by atoms with Crippen molar-refractivity contribution in [1.29, 1.82) is 0 Å². The minimum absolute atomic E-state index is 0.0740.